The fraction of sp³-hybridized carbons (Fsp3) is 0.0714. The number of anilines is 1. The summed E-state index contributed by atoms with van der Waals surface area (Å²) < 4.78 is 0. The lowest BCUT2D eigenvalue weighted by molar-refractivity contribution is 0.0975. The van der Waals surface area contributed by atoms with Crippen LogP contribution in [0.2, 0.25) is 0 Å². The number of para-hydroxylation sites is 1. The van der Waals surface area contributed by atoms with Gasteiger partial charge in [0.1, 0.15) is 0 Å². The molecule has 35 heavy (non-hydrogen) atoms. The lowest BCUT2D eigenvalue weighted by atomic mass is 10.0. The third-order valence-corrected chi connectivity index (χ3v) is 5.61. The second kappa shape index (κ2) is 10.7. The van der Waals surface area contributed by atoms with Crippen molar-refractivity contribution >= 4 is 57.8 Å². The third-order valence-electron chi connectivity index (χ3n) is 5.41. The standard InChI is InChI=1S/C28H24N4O2S/c1-18-8-6-7-11-25(18)31-32-28(35)30-27(34)24-17-22(14-12-20-9-4-3-5-10-20)29-26-15-13-21(19(2)33)16-23(24)26/h3-17,31H,1-2H3,(H2,30,32,34,35)/b14-12+. The predicted molar refractivity (Wildman–Crippen MR) is 145 cm³/mol. The van der Waals surface area contributed by atoms with Crippen molar-refractivity contribution < 1.29 is 9.59 Å². The van der Waals surface area contributed by atoms with Crippen LogP contribution in [-0.4, -0.2) is 21.8 Å². The maximum absolute atomic E-state index is 13.3. The van der Waals surface area contributed by atoms with Crippen molar-refractivity contribution in [3.8, 4) is 0 Å². The molecule has 1 aromatic heterocycles. The van der Waals surface area contributed by atoms with E-state index in [1.54, 1.807) is 24.3 Å². The lowest BCUT2D eigenvalue weighted by Crippen LogP contribution is -2.42. The number of nitrogens with one attached hydrogen (secondary N) is 3. The first kappa shape index (κ1) is 23.8. The highest BCUT2D eigenvalue weighted by molar-refractivity contribution is 7.80. The maximum Gasteiger partial charge on any atom is 0.258 e. The molecule has 0 unspecified atom stereocenters. The number of aryl methyl sites for hydroxylation is 1. The Kier molecular flexibility index (Phi) is 7.28. The fourth-order valence-electron chi connectivity index (χ4n) is 3.52. The predicted octanol–water partition coefficient (Wildman–Crippen LogP) is 5.55. The first-order valence-electron chi connectivity index (χ1n) is 11.0. The minimum absolute atomic E-state index is 0.0917. The van der Waals surface area contributed by atoms with Gasteiger partial charge in [-0.25, -0.2) is 4.98 Å². The van der Waals surface area contributed by atoms with Crippen LogP contribution < -0.4 is 16.2 Å². The van der Waals surface area contributed by atoms with Crippen molar-refractivity contribution in [2.24, 2.45) is 0 Å². The van der Waals surface area contributed by atoms with Crippen LogP contribution in [0.3, 0.4) is 0 Å². The molecular weight excluding hydrogens is 456 g/mol. The second-order valence-electron chi connectivity index (χ2n) is 7.97. The van der Waals surface area contributed by atoms with E-state index >= 15 is 0 Å². The van der Waals surface area contributed by atoms with E-state index in [0.717, 1.165) is 16.8 Å². The Balaban J connectivity index is 1.62. The first-order valence-corrected chi connectivity index (χ1v) is 11.4. The van der Waals surface area contributed by atoms with Crippen molar-refractivity contribution in [1.82, 2.24) is 15.7 Å². The number of hydrazine groups is 1. The van der Waals surface area contributed by atoms with Crippen LogP contribution >= 0.6 is 12.2 Å². The second-order valence-corrected chi connectivity index (χ2v) is 8.38. The molecule has 6 nitrogen and oxygen atoms in total. The van der Waals surface area contributed by atoms with Crippen LogP contribution in [0.15, 0.2) is 78.9 Å². The van der Waals surface area contributed by atoms with E-state index in [0.29, 0.717) is 27.7 Å². The summed E-state index contributed by atoms with van der Waals surface area (Å²) in [5.41, 5.74) is 10.8. The number of fused-ring (bicyclic) bond motifs is 1. The van der Waals surface area contributed by atoms with Gasteiger partial charge >= 0.3 is 0 Å². The highest BCUT2D eigenvalue weighted by Gasteiger charge is 2.15. The Morgan fingerprint density at radius 2 is 1.66 bits per heavy atom. The lowest BCUT2D eigenvalue weighted by Gasteiger charge is -2.14. The summed E-state index contributed by atoms with van der Waals surface area (Å²) in [7, 11) is 0. The van der Waals surface area contributed by atoms with Crippen LogP contribution in [0.1, 0.15) is 44.5 Å². The number of carbonyl (C=O) groups excluding carboxylic acids is 2. The molecule has 0 fully saturated rings. The molecule has 3 aromatic carbocycles. The summed E-state index contributed by atoms with van der Waals surface area (Å²) in [6, 6.07) is 24.4. The molecule has 174 valence electrons. The Morgan fingerprint density at radius 3 is 2.40 bits per heavy atom. The summed E-state index contributed by atoms with van der Waals surface area (Å²) in [6.07, 6.45) is 3.78. The van der Waals surface area contributed by atoms with E-state index in [-0.39, 0.29) is 10.9 Å². The molecule has 0 aliphatic carbocycles. The number of benzene rings is 3. The monoisotopic (exact) mass is 480 g/mol. The summed E-state index contributed by atoms with van der Waals surface area (Å²) in [6.45, 7) is 3.45. The smallest absolute Gasteiger partial charge is 0.258 e. The fourth-order valence-corrected chi connectivity index (χ4v) is 3.67. The summed E-state index contributed by atoms with van der Waals surface area (Å²) in [5.74, 6) is -0.498. The molecule has 0 saturated heterocycles. The van der Waals surface area contributed by atoms with Crippen LogP contribution in [0.25, 0.3) is 23.1 Å². The van der Waals surface area contributed by atoms with Crippen molar-refractivity contribution in [1.29, 1.82) is 0 Å². The molecule has 4 rings (SSSR count). The molecule has 1 amide bonds. The van der Waals surface area contributed by atoms with Crippen molar-refractivity contribution in [3.05, 3.63) is 107 Å². The Labute approximate surface area is 209 Å². The van der Waals surface area contributed by atoms with Crippen LogP contribution in [-0.2, 0) is 0 Å². The number of amides is 1. The van der Waals surface area contributed by atoms with E-state index in [9.17, 15) is 9.59 Å². The topological polar surface area (TPSA) is 83.1 Å². The minimum Gasteiger partial charge on any atom is -0.299 e. The molecule has 0 bridgehead atoms. The Morgan fingerprint density at radius 1 is 0.914 bits per heavy atom. The molecule has 0 aliphatic heterocycles. The average Bonchev–Trinajstić information content (AvgIpc) is 2.86. The zero-order valence-electron chi connectivity index (χ0n) is 19.3. The molecular formula is C28H24N4O2S. The molecule has 0 aliphatic rings. The van der Waals surface area contributed by atoms with E-state index in [1.165, 1.54) is 6.92 Å². The normalized spacial score (nSPS) is 10.8. The average molecular weight is 481 g/mol. The van der Waals surface area contributed by atoms with Gasteiger partial charge in [-0.3, -0.25) is 25.8 Å². The Hall–Kier alpha value is -4.36. The number of hydrogen-bond acceptors (Lipinski definition) is 5. The van der Waals surface area contributed by atoms with Crippen molar-refractivity contribution in [2.45, 2.75) is 13.8 Å². The van der Waals surface area contributed by atoms with E-state index in [2.05, 4.69) is 21.2 Å². The zero-order chi connectivity index (χ0) is 24.8. The molecule has 0 saturated carbocycles. The number of Topliss-reactive ketones (excluding diaryl/α,β-unsaturated/α-hetero) is 1. The van der Waals surface area contributed by atoms with E-state index in [1.807, 2.05) is 73.7 Å². The molecule has 0 atom stereocenters. The van der Waals surface area contributed by atoms with Gasteiger partial charge < -0.3 is 0 Å². The molecule has 0 spiro atoms. The van der Waals surface area contributed by atoms with Crippen LogP contribution in [0, 0.1) is 6.92 Å². The number of carbonyl (C=O) groups is 2. The molecule has 4 aromatic rings. The molecule has 1 heterocycles. The van der Waals surface area contributed by atoms with E-state index < -0.39 is 5.91 Å². The largest absolute Gasteiger partial charge is 0.299 e. The molecule has 7 heteroatoms. The zero-order valence-corrected chi connectivity index (χ0v) is 20.1. The first-order chi connectivity index (χ1) is 16.9. The maximum atomic E-state index is 13.3. The van der Waals surface area contributed by atoms with E-state index in [4.69, 9.17) is 12.2 Å². The number of thiocarbonyl (C=S) groups is 1. The van der Waals surface area contributed by atoms with Gasteiger partial charge in [0.2, 0.25) is 0 Å². The van der Waals surface area contributed by atoms with Gasteiger partial charge in [0.15, 0.2) is 10.9 Å². The summed E-state index contributed by atoms with van der Waals surface area (Å²) in [4.78, 5) is 29.9. The summed E-state index contributed by atoms with van der Waals surface area (Å²) in [5, 5.41) is 3.40. The van der Waals surface area contributed by atoms with Gasteiger partial charge in [0.25, 0.3) is 5.91 Å². The van der Waals surface area contributed by atoms with Crippen LogP contribution in [0.5, 0.6) is 0 Å². The van der Waals surface area contributed by atoms with Gasteiger partial charge in [-0.15, -0.1) is 0 Å². The Bertz CT molecular complexity index is 1450. The quantitative estimate of drug-likeness (QED) is 0.191. The SMILES string of the molecule is CC(=O)c1ccc2nc(/C=C/c3ccccc3)cc(C(=O)NC(=S)NNc3ccccc3C)c2c1. The number of pyridine rings is 1. The highest BCUT2D eigenvalue weighted by Crippen LogP contribution is 2.22. The highest BCUT2D eigenvalue weighted by atomic mass is 32.1. The molecule has 0 radical (unpaired) electrons. The summed E-state index contributed by atoms with van der Waals surface area (Å²) >= 11 is 5.32. The van der Waals surface area contributed by atoms with Gasteiger partial charge in [-0.2, -0.15) is 0 Å². The van der Waals surface area contributed by atoms with Gasteiger partial charge in [0, 0.05) is 10.9 Å². The van der Waals surface area contributed by atoms with Crippen molar-refractivity contribution in [3.63, 3.8) is 0 Å². The number of rotatable bonds is 6. The number of aromatic nitrogens is 1. The van der Waals surface area contributed by atoms with Gasteiger partial charge in [0.05, 0.1) is 22.5 Å². The van der Waals surface area contributed by atoms with Crippen molar-refractivity contribution in [2.75, 3.05) is 5.43 Å². The van der Waals surface area contributed by atoms with Gasteiger partial charge in [-0.1, -0.05) is 54.6 Å². The number of nitrogens with zero attached hydrogens (tertiary/aromatic N) is 1. The van der Waals surface area contributed by atoms with Crippen LogP contribution in [0.4, 0.5) is 5.69 Å². The van der Waals surface area contributed by atoms with Gasteiger partial charge in [-0.05, 0) is 73.6 Å². The minimum atomic E-state index is -0.406. The third kappa shape index (κ3) is 5.96. The number of ketones is 1. The molecule has 3 N–H and O–H groups in total. The number of hydrogen-bond donors (Lipinski definition) is 3.